The molecular formula is C13H22N2O2S. The average molecular weight is 270 g/mol. The second kappa shape index (κ2) is 5.99. The molecule has 0 bridgehead atoms. The summed E-state index contributed by atoms with van der Waals surface area (Å²) in [5.74, 6) is 1.49. The zero-order valence-corrected chi connectivity index (χ0v) is 12.2. The number of nitrogens with zero attached hydrogens (tertiary/aromatic N) is 2. The molecule has 1 atom stereocenters. The van der Waals surface area contributed by atoms with Crippen molar-refractivity contribution in [2.45, 2.75) is 33.5 Å². The van der Waals surface area contributed by atoms with Gasteiger partial charge in [-0.3, -0.25) is 0 Å². The third kappa shape index (κ3) is 2.84. The van der Waals surface area contributed by atoms with Crippen LogP contribution in [-0.4, -0.2) is 30.3 Å². The molecule has 0 saturated carbocycles. The number of rotatable bonds is 5. The van der Waals surface area contributed by atoms with Gasteiger partial charge in [0.15, 0.2) is 5.13 Å². The molecule has 4 nitrogen and oxygen atoms in total. The minimum Gasteiger partial charge on any atom is -0.391 e. The Morgan fingerprint density at radius 2 is 2.33 bits per heavy atom. The summed E-state index contributed by atoms with van der Waals surface area (Å²) in [5, 5.41) is 10.4. The van der Waals surface area contributed by atoms with Gasteiger partial charge in [0.05, 0.1) is 23.8 Å². The second-order valence-corrected chi connectivity index (χ2v) is 6.26. The number of methoxy groups -OCH3 is 1. The van der Waals surface area contributed by atoms with Crippen LogP contribution in [-0.2, 0) is 18.0 Å². The summed E-state index contributed by atoms with van der Waals surface area (Å²) in [6.45, 7) is 7.26. The number of anilines is 1. The van der Waals surface area contributed by atoms with E-state index >= 15 is 0 Å². The molecule has 2 rings (SSSR count). The number of aliphatic hydroxyl groups is 1. The lowest BCUT2D eigenvalue weighted by Gasteiger charge is -2.16. The molecule has 1 unspecified atom stereocenters. The van der Waals surface area contributed by atoms with Crippen molar-refractivity contribution in [3.63, 3.8) is 0 Å². The van der Waals surface area contributed by atoms with Gasteiger partial charge in [0, 0.05) is 20.2 Å². The summed E-state index contributed by atoms with van der Waals surface area (Å²) in [7, 11) is 1.66. The SMILES string of the molecule is COCc1nc(N2CCC(C(C)C)C2)sc1CO. The van der Waals surface area contributed by atoms with E-state index in [4.69, 9.17) is 4.74 Å². The maximum absolute atomic E-state index is 9.34. The lowest BCUT2D eigenvalue weighted by molar-refractivity contribution is 0.179. The Labute approximate surface area is 113 Å². The van der Waals surface area contributed by atoms with E-state index in [0.717, 1.165) is 40.6 Å². The van der Waals surface area contributed by atoms with Crippen LogP contribution in [0.2, 0.25) is 0 Å². The maximum atomic E-state index is 9.34. The molecule has 18 heavy (non-hydrogen) atoms. The van der Waals surface area contributed by atoms with Crippen molar-refractivity contribution < 1.29 is 9.84 Å². The fourth-order valence-corrected chi connectivity index (χ4v) is 3.34. The molecule has 1 aliphatic heterocycles. The molecule has 102 valence electrons. The lowest BCUT2D eigenvalue weighted by Crippen LogP contribution is -2.21. The molecule has 0 amide bonds. The van der Waals surface area contributed by atoms with Crippen LogP contribution in [0.15, 0.2) is 0 Å². The van der Waals surface area contributed by atoms with Gasteiger partial charge in [0.2, 0.25) is 0 Å². The molecule has 2 heterocycles. The highest BCUT2D eigenvalue weighted by Gasteiger charge is 2.27. The monoisotopic (exact) mass is 270 g/mol. The van der Waals surface area contributed by atoms with Crippen molar-refractivity contribution >= 4 is 16.5 Å². The van der Waals surface area contributed by atoms with Crippen LogP contribution in [0.5, 0.6) is 0 Å². The Kier molecular flexibility index (Phi) is 4.59. The molecule has 0 aromatic carbocycles. The summed E-state index contributed by atoms with van der Waals surface area (Å²) < 4.78 is 5.12. The smallest absolute Gasteiger partial charge is 0.185 e. The Hall–Kier alpha value is -0.650. The number of hydrogen-bond donors (Lipinski definition) is 1. The van der Waals surface area contributed by atoms with Gasteiger partial charge in [0.1, 0.15) is 0 Å². The predicted octanol–water partition coefficient (Wildman–Crippen LogP) is 2.26. The number of aromatic nitrogens is 1. The predicted molar refractivity (Wildman–Crippen MR) is 73.9 cm³/mol. The van der Waals surface area contributed by atoms with Crippen LogP contribution < -0.4 is 4.90 Å². The zero-order chi connectivity index (χ0) is 13.1. The number of hydrogen-bond acceptors (Lipinski definition) is 5. The van der Waals surface area contributed by atoms with Crippen molar-refractivity contribution in [3.05, 3.63) is 10.6 Å². The Bertz CT molecular complexity index is 392. The van der Waals surface area contributed by atoms with Crippen molar-refractivity contribution in [2.75, 3.05) is 25.1 Å². The minimum atomic E-state index is 0.0534. The van der Waals surface area contributed by atoms with Gasteiger partial charge < -0.3 is 14.7 Å². The van der Waals surface area contributed by atoms with Crippen LogP contribution in [0.25, 0.3) is 0 Å². The highest BCUT2D eigenvalue weighted by Crippen LogP contribution is 2.32. The first kappa shape index (κ1) is 13.8. The van der Waals surface area contributed by atoms with E-state index in [0.29, 0.717) is 6.61 Å². The molecular weight excluding hydrogens is 248 g/mol. The average Bonchev–Trinajstić information content (AvgIpc) is 2.94. The van der Waals surface area contributed by atoms with Gasteiger partial charge in [-0.25, -0.2) is 4.98 Å². The van der Waals surface area contributed by atoms with E-state index in [-0.39, 0.29) is 6.61 Å². The first-order chi connectivity index (χ1) is 8.65. The quantitative estimate of drug-likeness (QED) is 0.891. The molecule has 5 heteroatoms. The summed E-state index contributed by atoms with van der Waals surface area (Å²) in [4.78, 5) is 7.88. The Balaban J connectivity index is 2.10. The van der Waals surface area contributed by atoms with E-state index in [9.17, 15) is 5.11 Å². The summed E-state index contributed by atoms with van der Waals surface area (Å²) in [6, 6.07) is 0. The van der Waals surface area contributed by atoms with Gasteiger partial charge in [-0.15, -0.1) is 0 Å². The third-order valence-electron chi connectivity index (χ3n) is 3.63. The fourth-order valence-electron chi connectivity index (χ4n) is 2.38. The number of ether oxygens (including phenoxy) is 1. The van der Waals surface area contributed by atoms with Crippen molar-refractivity contribution in [2.24, 2.45) is 11.8 Å². The van der Waals surface area contributed by atoms with Crippen molar-refractivity contribution in [1.82, 2.24) is 4.98 Å². The molecule has 0 spiro atoms. The van der Waals surface area contributed by atoms with Gasteiger partial charge >= 0.3 is 0 Å². The molecule has 1 aromatic heterocycles. The molecule has 1 saturated heterocycles. The summed E-state index contributed by atoms with van der Waals surface area (Å²) >= 11 is 1.60. The van der Waals surface area contributed by atoms with E-state index in [1.54, 1.807) is 18.4 Å². The van der Waals surface area contributed by atoms with Crippen molar-refractivity contribution in [3.8, 4) is 0 Å². The minimum absolute atomic E-state index is 0.0534. The van der Waals surface area contributed by atoms with Crippen LogP contribution in [0.1, 0.15) is 30.8 Å². The maximum Gasteiger partial charge on any atom is 0.185 e. The van der Waals surface area contributed by atoms with Gasteiger partial charge in [-0.05, 0) is 18.3 Å². The standard InChI is InChI=1S/C13H22N2O2S/c1-9(2)10-4-5-15(6-10)13-14-11(8-17-3)12(7-16)18-13/h9-10,16H,4-8H2,1-3H3. The topological polar surface area (TPSA) is 45.6 Å². The van der Waals surface area contributed by atoms with Gasteiger partial charge in [0.25, 0.3) is 0 Å². The molecule has 1 aromatic rings. The molecule has 0 aliphatic carbocycles. The Morgan fingerprint density at radius 3 is 2.89 bits per heavy atom. The third-order valence-corrected chi connectivity index (χ3v) is 4.77. The highest BCUT2D eigenvalue weighted by atomic mass is 32.1. The van der Waals surface area contributed by atoms with Crippen LogP contribution in [0.4, 0.5) is 5.13 Å². The van der Waals surface area contributed by atoms with E-state index < -0.39 is 0 Å². The van der Waals surface area contributed by atoms with Crippen LogP contribution in [0, 0.1) is 11.8 Å². The lowest BCUT2D eigenvalue weighted by atomic mass is 9.95. The van der Waals surface area contributed by atoms with Gasteiger partial charge in [-0.2, -0.15) is 0 Å². The zero-order valence-electron chi connectivity index (χ0n) is 11.3. The largest absolute Gasteiger partial charge is 0.391 e. The first-order valence-electron chi connectivity index (χ1n) is 6.49. The summed E-state index contributed by atoms with van der Waals surface area (Å²) in [6.07, 6.45) is 1.24. The van der Waals surface area contributed by atoms with E-state index in [1.165, 1.54) is 6.42 Å². The molecule has 1 N–H and O–H groups in total. The van der Waals surface area contributed by atoms with Crippen LogP contribution in [0.3, 0.4) is 0 Å². The normalized spacial score (nSPS) is 20.1. The Morgan fingerprint density at radius 1 is 1.56 bits per heavy atom. The number of aliphatic hydroxyl groups excluding tert-OH is 1. The molecule has 1 aliphatic rings. The molecule has 0 radical (unpaired) electrons. The highest BCUT2D eigenvalue weighted by molar-refractivity contribution is 7.15. The summed E-state index contributed by atoms with van der Waals surface area (Å²) in [5.41, 5.74) is 0.882. The number of thiazole rings is 1. The van der Waals surface area contributed by atoms with E-state index in [1.807, 2.05) is 0 Å². The first-order valence-corrected chi connectivity index (χ1v) is 7.30. The van der Waals surface area contributed by atoms with E-state index in [2.05, 4.69) is 23.7 Å². The molecule has 1 fully saturated rings. The second-order valence-electron chi connectivity index (χ2n) is 5.20. The van der Waals surface area contributed by atoms with Gasteiger partial charge in [-0.1, -0.05) is 25.2 Å². The fraction of sp³-hybridized carbons (Fsp3) is 0.769. The van der Waals surface area contributed by atoms with Crippen molar-refractivity contribution in [1.29, 1.82) is 0 Å². The van der Waals surface area contributed by atoms with Crippen LogP contribution >= 0.6 is 11.3 Å².